The number of rotatable bonds is 4. The molecule has 2 rings (SSSR count). The van der Waals surface area contributed by atoms with Gasteiger partial charge in [0.25, 0.3) is 5.91 Å². The molecule has 2 N–H and O–H groups in total. The van der Waals surface area contributed by atoms with E-state index in [0.717, 1.165) is 16.7 Å². The van der Waals surface area contributed by atoms with Gasteiger partial charge in [-0.05, 0) is 60.1 Å². The Hall–Kier alpha value is -1.59. The average molecular weight is 369 g/mol. The molecule has 0 aliphatic rings. The van der Waals surface area contributed by atoms with Gasteiger partial charge in [-0.15, -0.1) is 0 Å². The molecule has 0 unspecified atom stereocenters. The number of nitrogens with zero attached hydrogens (tertiary/aromatic N) is 1. The Labute approximate surface area is 137 Å². The monoisotopic (exact) mass is 367 g/mol. The predicted molar refractivity (Wildman–Crippen MR) is 90.2 cm³/mol. The number of aryl methyl sites for hydroxylation is 1. The maximum atomic E-state index is 12.3. The van der Waals surface area contributed by atoms with Crippen LogP contribution in [0.5, 0.6) is 0 Å². The van der Waals surface area contributed by atoms with Crippen LogP contribution in [0.4, 0.5) is 11.5 Å². The Morgan fingerprint density at radius 2 is 2.10 bits per heavy atom. The van der Waals surface area contributed by atoms with E-state index in [-0.39, 0.29) is 5.91 Å². The van der Waals surface area contributed by atoms with Gasteiger partial charge in [0.1, 0.15) is 5.82 Å². The van der Waals surface area contributed by atoms with Gasteiger partial charge in [0.05, 0.1) is 5.69 Å². The maximum absolute atomic E-state index is 12.3. The number of anilines is 2. The lowest BCUT2D eigenvalue weighted by molar-refractivity contribution is 0.102. The third-order valence-electron chi connectivity index (χ3n) is 2.75. The molecule has 4 nitrogen and oxygen atoms in total. The molecule has 110 valence electrons. The van der Waals surface area contributed by atoms with Crippen molar-refractivity contribution in [3.8, 4) is 0 Å². The quantitative estimate of drug-likeness (QED) is 0.836. The summed E-state index contributed by atoms with van der Waals surface area (Å²) in [6, 6.07) is 8.70. The Kier molecular flexibility index (Phi) is 5.20. The fourth-order valence-electron chi connectivity index (χ4n) is 1.86. The highest BCUT2D eigenvalue weighted by atomic mass is 79.9. The minimum absolute atomic E-state index is 0.192. The largest absolute Gasteiger partial charge is 0.370 e. The first-order valence-corrected chi connectivity index (χ1v) is 7.65. The number of hydrogen-bond acceptors (Lipinski definition) is 3. The molecule has 0 atom stereocenters. The number of carbonyl (C=O) groups excluding carboxylic acids is 1. The summed E-state index contributed by atoms with van der Waals surface area (Å²) < 4.78 is 0.737. The molecule has 0 saturated heterocycles. The normalized spacial score (nSPS) is 10.3. The van der Waals surface area contributed by atoms with E-state index in [9.17, 15) is 4.79 Å². The van der Waals surface area contributed by atoms with Crippen LogP contribution in [-0.2, 0) is 0 Å². The molecule has 0 fully saturated rings. The zero-order valence-corrected chi connectivity index (χ0v) is 14.0. The molecule has 6 heteroatoms. The number of aromatic nitrogens is 1. The van der Waals surface area contributed by atoms with Gasteiger partial charge in [0.2, 0.25) is 0 Å². The van der Waals surface area contributed by atoms with E-state index in [0.29, 0.717) is 22.1 Å². The SMILES string of the molecule is CCNc1cc(C(=O)Nc2ccc(Cl)cc2Br)cc(C)n1. The van der Waals surface area contributed by atoms with Crippen molar-refractivity contribution >= 4 is 44.9 Å². The van der Waals surface area contributed by atoms with Crippen LogP contribution in [0.25, 0.3) is 0 Å². The lowest BCUT2D eigenvalue weighted by Gasteiger charge is -2.10. The summed E-state index contributed by atoms with van der Waals surface area (Å²) in [5.74, 6) is 0.500. The molecule has 1 aromatic heterocycles. The van der Waals surface area contributed by atoms with Crippen molar-refractivity contribution in [1.82, 2.24) is 4.98 Å². The smallest absolute Gasteiger partial charge is 0.255 e. The molecular weight excluding hydrogens is 354 g/mol. The third-order valence-corrected chi connectivity index (χ3v) is 3.64. The van der Waals surface area contributed by atoms with Gasteiger partial charge in [-0.25, -0.2) is 4.98 Å². The second-order valence-corrected chi connectivity index (χ2v) is 5.78. The summed E-state index contributed by atoms with van der Waals surface area (Å²) in [5.41, 5.74) is 2.01. The molecule has 2 aromatic rings. The van der Waals surface area contributed by atoms with Gasteiger partial charge in [-0.3, -0.25) is 4.79 Å². The third kappa shape index (κ3) is 4.19. The van der Waals surface area contributed by atoms with Crippen molar-refractivity contribution in [2.24, 2.45) is 0 Å². The van der Waals surface area contributed by atoms with Crippen molar-refractivity contribution in [3.05, 3.63) is 51.1 Å². The maximum Gasteiger partial charge on any atom is 0.255 e. The summed E-state index contributed by atoms with van der Waals surface area (Å²) in [4.78, 5) is 16.7. The highest BCUT2D eigenvalue weighted by Crippen LogP contribution is 2.26. The summed E-state index contributed by atoms with van der Waals surface area (Å²) in [6.45, 7) is 4.59. The Bertz CT molecular complexity index is 676. The lowest BCUT2D eigenvalue weighted by Crippen LogP contribution is -2.13. The van der Waals surface area contributed by atoms with E-state index in [1.165, 1.54) is 0 Å². The van der Waals surface area contributed by atoms with Crippen molar-refractivity contribution in [2.45, 2.75) is 13.8 Å². The Balaban J connectivity index is 2.23. The summed E-state index contributed by atoms with van der Waals surface area (Å²) >= 11 is 9.27. The molecule has 1 aromatic carbocycles. The molecule has 0 bridgehead atoms. The van der Waals surface area contributed by atoms with Crippen molar-refractivity contribution in [3.63, 3.8) is 0 Å². The van der Waals surface area contributed by atoms with Crippen LogP contribution >= 0.6 is 27.5 Å². The number of pyridine rings is 1. The lowest BCUT2D eigenvalue weighted by atomic mass is 10.2. The number of carbonyl (C=O) groups is 1. The van der Waals surface area contributed by atoms with Crippen LogP contribution in [0.2, 0.25) is 5.02 Å². The second kappa shape index (κ2) is 6.91. The molecule has 0 spiro atoms. The number of hydrogen-bond donors (Lipinski definition) is 2. The zero-order chi connectivity index (χ0) is 15.4. The first kappa shape index (κ1) is 15.8. The van der Waals surface area contributed by atoms with Crippen molar-refractivity contribution in [2.75, 3.05) is 17.2 Å². The topological polar surface area (TPSA) is 54.0 Å². The van der Waals surface area contributed by atoms with E-state index in [4.69, 9.17) is 11.6 Å². The van der Waals surface area contributed by atoms with Crippen LogP contribution in [0.3, 0.4) is 0 Å². The molecule has 0 saturated carbocycles. The van der Waals surface area contributed by atoms with Crippen molar-refractivity contribution < 1.29 is 4.79 Å². The van der Waals surface area contributed by atoms with Crippen LogP contribution in [0.1, 0.15) is 23.0 Å². The predicted octanol–water partition coefficient (Wildman–Crippen LogP) is 4.49. The standard InChI is InChI=1S/C15H15BrClN3O/c1-3-18-14-7-10(6-9(2)19-14)15(21)20-13-5-4-11(17)8-12(13)16/h4-8H,3H2,1-2H3,(H,18,19)(H,20,21). The van der Waals surface area contributed by atoms with Crippen LogP contribution < -0.4 is 10.6 Å². The van der Waals surface area contributed by atoms with Crippen LogP contribution in [0.15, 0.2) is 34.8 Å². The van der Waals surface area contributed by atoms with Gasteiger partial charge in [-0.1, -0.05) is 11.6 Å². The first-order chi connectivity index (χ1) is 9.99. The zero-order valence-electron chi connectivity index (χ0n) is 11.7. The number of nitrogens with one attached hydrogen (secondary N) is 2. The van der Waals surface area contributed by atoms with E-state index in [1.807, 2.05) is 13.8 Å². The minimum atomic E-state index is -0.192. The number of halogens is 2. The van der Waals surface area contributed by atoms with E-state index >= 15 is 0 Å². The fraction of sp³-hybridized carbons (Fsp3) is 0.200. The highest BCUT2D eigenvalue weighted by molar-refractivity contribution is 9.10. The number of amides is 1. The van der Waals surface area contributed by atoms with Crippen LogP contribution in [-0.4, -0.2) is 17.4 Å². The molecule has 1 heterocycles. The Morgan fingerprint density at radius 1 is 1.33 bits per heavy atom. The highest BCUT2D eigenvalue weighted by Gasteiger charge is 2.11. The fourth-order valence-corrected chi connectivity index (χ4v) is 2.64. The summed E-state index contributed by atoms with van der Waals surface area (Å²) in [5, 5.41) is 6.56. The summed E-state index contributed by atoms with van der Waals surface area (Å²) in [7, 11) is 0. The molecule has 0 radical (unpaired) electrons. The average Bonchev–Trinajstić information content (AvgIpc) is 2.41. The van der Waals surface area contributed by atoms with E-state index in [2.05, 4.69) is 31.5 Å². The van der Waals surface area contributed by atoms with Gasteiger partial charge in [0, 0.05) is 27.3 Å². The molecule has 21 heavy (non-hydrogen) atoms. The molecule has 0 aliphatic heterocycles. The van der Waals surface area contributed by atoms with Gasteiger partial charge in [0.15, 0.2) is 0 Å². The van der Waals surface area contributed by atoms with Gasteiger partial charge >= 0.3 is 0 Å². The second-order valence-electron chi connectivity index (χ2n) is 4.49. The van der Waals surface area contributed by atoms with Crippen LogP contribution in [0, 0.1) is 6.92 Å². The molecule has 0 aliphatic carbocycles. The number of benzene rings is 1. The van der Waals surface area contributed by atoms with Gasteiger partial charge in [-0.2, -0.15) is 0 Å². The minimum Gasteiger partial charge on any atom is -0.370 e. The Morgan fingerprint density at radius 3 is 2.76 bits per heavy atom. The van der Waals surface area contributed by atoms with Crippen molar-refractivity contribution in [1.29, 1.82) is 0 Å². The van der Waals surface area contributed by atoms with E-state index < -0.39 is 0 Å². The van der Waals surface area contributed by atoms with Gasteiger partial charge < -0.3 is 10.6 Å². The van der Waals surface area contributed by atoms with E-state index in [1.54, 1.807) is 30.3 Å². The molecular formula is C15H15BrClN3O. The summed E-state index contributed by atoms with van der Waals surface area (Å²) in [6.07, 6.45) is 0. The molecule has 1 amide bonds. The first-order valence-electron chi connectivity index (χ1n) is 6.48.